The van der Waals surface area contributed by atoms with E-state index < -0.39 is 0 Å². The number of hydrogen-bond donors (Lipinski definition) is 1. The predicted octanol–water partition coefficient (Wildman–Crippen LogP) is 3.53. The highest BCUT2D eigenvalue weighted by atomic mass is 19.1. The van der Waals surface area contributed by atoms with E-state index in [1.807, 2.05) is 19.2 Å². The zero-order chi connectivity index (χ0) is 15.2. The van der Waals surface area contributed by atoms with Crippen LogP contribution in [0.25, 0.3) is 0 Å². The highest BCUT2D eigenvalue weighted by Crippen LogP contribution is 2.16. The van der Waals surface area contributed by atoms with Gasteiger partial charge in [-0.25, -0.2) is 4.39 Å². The maximum atomic E-state index is 12.9. The van der Waals surface area contributed by atoms with Gasteiger partial charge in [0.1, 0.15) is 5.82 Å². The lowest BCUT2D eigenvalue weighted by Gasteiger charge is -2.24. The first-order chi connectivity index (χ1) is 10.1. The van der Waals surface area contributed by atoms with Crippen molar-refractivity contribution in [1.29, 1.82) is 0 Å². The molecule has 0 spiro atoms. The summed E-state index contributed by atoms with van der Waals surface area (Å²) in [6.07, 6.45) is 0. The quantitative estimate of drug-likeness (QED) is 0.874. The second-order valence-corrected chi connectivity index (χ2v) is 5.58. The van der Waals surface area contributed by atoms with Crippen LogP contribution in [0.3, 0.4) is 0 Å². The van der Waals surface area contributed by atoms with Gasteiger partial charge in [-0.05, 0) is 44.3 Å². The van der Waals surface area contributed by atoms with Crippen LogP contribution in [0.2, 0.25) is 0 Å². The summed E-state index contributed by atoms with van der Waals surface area (Å²) in [4.78, 5) is 2.24. The average Bonchev–Trinajstić information content (AvgIpc) is 2.48. The zero-order valence-electron chi connectivity index (χ0n) is 12.9. The molecule has 112 valence electrons. The van der Waals surface area contributed by atoms with E-state index in [0.717, 1.165) is 18.7 Å². The molecule has 0 aliphatic rings. The third-order valence-electron chi connectivity index (χ3n) is 3.69. The molecule has 0 bridgehead atoms. The molecule has 2 nitrogen and oxygen atoms in total. The maximum absolute atomic E-state index is 12.9. The van der Waals surface area contributed by atoms with E-state index in [4.69, 9.17) is 0 Å². The molecule has 2 aromatic rings. The molecule has 0 saturated carbocycles. The van der Waals surface area contributed by atoms with Crippen LogP contribution in [0.1, 0.15) is 22.7 Å². The Morgan fingerprint density at radius 2 is 1.67 bits per heavy atom. The maximum Gasteiger partial charge on any atom is 0.123 e. The minimum absolute atomic E-state index is 0.186. The highest BCUT2D eigenvalue weighted by Gasteiger charge is 2.12. The van der Waals surface area contributed by atoms with Gasteiger partial charge in [-0.15, -0.1) is 0 Å². The average molecular weight is 286 g/mol. The Morgan fingerprint density at radius 3 is 2.24 bits per heavy atom. The fourth-order valence-corrected chi connectivity index (χ4v) is 2.44. The number of rotatable bonds is 6. The fraction of sp³-hybridized carbons (Fsp3) is 0.333. The molecule has 0 heterocycles. The van der Waals surface area contributed by atoms with Crippen LogP contribution in [0, 0.1) is 12.7 Å². The molecule has 2 rings (SSSR count). The van der Waals surface area contributed by atoms with E-state index in [0.29, 0.717) is 0 Å². The van der Waals surface area contributed by atoms with Crippen LogP contribution in [0.15, 0.2) is 48.5 Å². The number of hydrogen-bond acceptors (Lipinski definition) is 2. The van der Waals surface area contributed by atoms with Crippen LogP contribution in [0.5, 0.6) is 0 Å². The third kappa shape index (κ3) is 4.66. The molecule has 0 aliphatic heterocycles. The van der Waals surface area contributed by atoms with Gasteiger partial charge in [0.05, 0.1) is 0 Å². The Labute approximate surface area is 126 Å². The normalized spacial score (nSPS) is 12.6. The Morgan fingerprint density at radius 1 is 1.05 bits per heavy atom. The molecule has 3 heteroatoms. The zero-order valence-corrected chi connectivity index (χ0v) is 12.9. The van der Waals surface area contributed by atoms with Crippen LogP contribution >= 0.6 is 0 Å². The summed E-state index contributed by atoms with van der Waals surface area (Å²) >= 11 is 0. The summed E-state index contributed by atoms with van der Waals surface area (Å²) in [7, 11) is 4.07. The second-order valence-electron chi connectivity index (χ2n) is 5.58. The van der Waals surface area contributed by atoms with Crippen molar-refractivity contribution < 1.29 is 4.39 Å². The lowest BCUT2D eigenvalue weighted by atomic mass is 10.0. The summed E-state index contributed by atoms with van der Waals surface area (Å²) in [6.45, 7) is 3.81. The molecule has 2 aromatic carbocycles. The Kier molecular flexibility index (Phi) is 5.48. The molecule has 0 saturated heterocycles. The van der Waals surface area contributed by atoms with E-state index in [1.54, 1.807) is 0 Å². The number of likely N-dealkylation sites (N-methyl/N-ethyl adjacent to an activating group) is 2. The minimum atomic E-state index is -0.186. The SMILES string of the molecule is CNC(CN(C)Cc1ccc(F)cc1)c1ccc(C)cc1. The van der Waals surface area contributed by atoms with E-state index >= 15 is 0 Å². The Hall–Kier alpha value is -1.71. The van der Waals surface area contributed by atoms with Crippen molar-refractivity contribution in [2.24, 2.45) is 0 Å². The monoisotopic (exact) mass is 286 g/mol. The number of benzene rings is 2. The molecule has 0 fully saturated rings. The molecule has 1 atom stereocenters. The molecule has 1 N–H and O–H groups in total. The molecular formula is C18H23FN2. The molecule has 0 aromatic heterocycles. The first kappa shape index (κ1) is 15.7. The number of halogens is 1. The van der Waals surface area contributed by atoms with E-state index in [-0.39, 0.29) is 11.9 Å². The van der Waals surface area contributed by atoms with Gasteiger partial charge in [0.2, 0.25) is 0 Å². The van der Waals surface area contributed by atoms with Crippen LogP contribution < -0.4 is 5.32 Å². The van der Waals surface area contributed by atoms with Gasteiger partial charge in [-0.3, -0.25) is 0 Å². The number of nitrogens with zero attached hydrogens (tertiary/aromatic N) is 1. The van der Waals surface area contributed by atoms with Crippen molar-refractivity contribution >= 4 is 0 Å². The number of nitrogens with one attached hydrogen (secondary N) is 1. The van der Waals surface area contributed by atoms with Gasteiger partial charge >= 0.3 is 0 Å². The van der Waals surface area contributed by atoms with Crippen molar-refractivity contribution in [2.45, 2.75) is 19.5 Å². The summed E-state index contributed by atoms with van der Waals surface area (Å²) in [5, 5.41) is 3.36. The summed E-state index contributed by atoms with van der Waals surface area (Å²) in [5.41, 5.74) is 3.68. The van der Waals surface area contributed by atoms with E-state index in [2.05, 4.69) is 48.5 Å². The van der Waals surface area contributed by atoms with Crippen molar-refractivity contribution in [3.05, 3.63) is 71.0 Å². The predicted molar refractivity (Wildman–Crippen MR) is 85.7 cm³/mol. The fourth-order valence-electron chi connectivity index (χ4n) is 2.44. The standard InChI is InChI=1S/C18H23FN2/c1-14-4-8-16(9-5-14)18(20-2)13-21(3)12-15-6-10-17(19)11-7-15/h4-11,18,20H,12-13H2,1-3H3. The van der Waals surface area contributed by atoms with Crippen LogP contribution in [-0.4, -0.2) is 25.5 Å². The molecule has 0 amide bonds. The smallest absolute Gasteiger partial charge is 0.123 e. The van der Waals surface area contributed by atoms with Gasteiger partial charge in [0, 0.05) is 19.1 Å². The molecule has 1 unspecified atom stereocenters. The third-order valence-corrected chi connectivity index (χ3v) is 3.69. The summed E-state index contributed by atoms with van der Waals surface area (Å²) < 4.78 is 12.9. The topological polar surface area (TPSA) is 15.3 Å². The summed E-state index contributed by atoms with van der Waals surface area (Å²) in [6, 6.07) is 15.6. The molecule has 0 radical (unpaired) electrons. The first-order valence-electron chi connectivity index (χ1n) is 7.25. The molecular weight excluding hydrogens is 263 g/mol. The van der Waals surface area contributed by atoms with Crippen molar-refractivity contribution in [2.75, 3.05) is 20.6 Å². The Balaban J connectivity index is 1.97. The first-order valence-corrected chi connectivity index (χ1v) is 7.25. The number of aryl methyl sites for hydroxylation is 1. The lowest BCUT2D eigenvalue weighted by molar-refractivity contribution is 0.289. The second kappa shape index (κ2) is 7.34. The van der Waals surface area contributed by atoms with Crippen molar-refractivity contribution in [1.82, 2.24) is 10.2 Å². The minimum Gasteiger partial charge on any atom is -0.312 e. The molecule has 21 heavy (non-hydrogen) atoms. The lowest BCUT2D eigenvalue weighted by Crippen LogP contribution is -2.31. The van der Waals surface area contributed by atoms with Gasteiger partial charge in [-0.1, -0.05) is 42.0 Å². The largest absolute Gasteiger partial charge is 0.312 e. The van der Waals surface area contributed by atoms with Crippen molar-refractivity contribution in [3.8, 4) is 0 Å². The molecule has 0 aliphatic carbocycles. The Bertz CT molecular complexity index is 548. The van der Waals surface area contributed by atoms with E-state index in [1.165, 1.54) is 23.3 Å². The van der Waals surface area contributed by atoms with Gasteiger partial charge < -0.3 is 10.2 Å². The van der Waals surface area contributed by atoms with Gasteiger partial charge in [-0.2, -0.15) is 0 Å². The van der Waals surface area contributed by atoms with Crippen LogP contribution in [0.4, 0.5) is 4.39 Å². The van der Waals surface area contributed by atoms with E-state index in [9.17, 15) is 4.39 Å². The summed E-state index contributed by atoms with van der Waals surface area (Å²) in [5.74, 6) is -0.186. The van der Waals surface area contributed by atoms with Crippen molar-refractivity contribution in [3.63, 3.8) is 0 Å². The van der Waals surface area contributed by atoms with Crippen LogP contribution in [-0.2, 0) is 6.54 Å². The van der Waals surface area contributed by atoms with Gasteiger partial charge in [0.15, 0.2) is 0 Å². The highest BCUT2D eigenvalue weighted by molar-refractivity contribution is 5.24. The van der Waals surface area contributed by atoms with Gasteiger partial charge in [0.25, 0.3) is 0 Å².